The van der Waals surface area contributed by atoms with Crippen LogP contribution in [0.15, 0.2) is 35.3 Å². The lowest BCUT2D eigenvalue weighted by Gasteiger charge is -2.33. The van der Waals surface area contributed by atoms with Gasteiger partial charge >= 0.3 is 0 Å². The predicted molar refractivity (Wildman–Crippen MR) is 94.1 cm³/mol. The highest BCUT2D eigenvalue weighted by Crippen LogP contribution is 2.15. The molecular weight excluding hydrogens is 272 g/mol. The summed E-state index contributed by atoms with van der Waals surface area (Å²) in [4.78, 5) is 6.90. The van der Waals surface area contributed by atoms with Crippen LogP contribution in [0.4, 0.5) is 0 Å². The van der Waals surface area contributed by atoms with Gasteiger partial charge in [0.15, 0.2) is 5.96 Å². The minimum atomic E-state index is 0.754. The molecule has 0 bridgehead atoms. The molecule has 1 heterocycles. The van der Waals surface area contributed by atoms with E-state index in [2.05, 4.69) is 51.7 Å². The average Bonchev–Trinajstić information content (AvgIpc) is 2.56. The standard InChI is InChI=1S/C18H30N4/c1-16-9-6-7-13-22(16)14-8-12-20-18(19-2)21-15-17-10-4-3-5-11-17/h3-5,10-11,16H,6-9,12-15H2,1-2H3,(H2,19,20,21). The van der Waals surface area contributed by atoms with Gasteiger partial charge in [-0.25, -0.2) is 0 Å². The van der Waals surface area contributed by atoms with Gasteiger partial charge in [0.05, 0.1) is 0 Å². The average molecular weight is 302 g/mol. The van der Waals surface area contributed by atoms with Gasteiger partial charge in [-0.1, -0.05) is 36.8 Å². The second-order valence-electron chi connectivity index (χ2n) is 6.07. The van der Waals surface area contributed by atoms with Gasteiger partial charge < -0.3 is 15.5 Å². The van der Waals surface area contributed by atoms with Crippen molar-refractivity contribution in [3.63, 3.8) is 0 Å². The molecule has 0 aliphatic carbocycles. The highest BCUT2D eigenvalue weighted by molar-refractivity contribution is 5.79. The first-order chi connectivity index (χ1) is 10.8. The summed E-state index contributed by atoms with van der Waals surface area (Å²) >= 11 is 0. The molecule has 0 radical (unpaired) electrons. The second kappa shape index (κ2) is 9.46. The lowest BCUT2D eigenvalue weighted by Crippen LogP contribution is -2.41. The highest BCUT2D eigenvalue weighted by atomic mass is 15.2. The van der Waals surface area contributed by atoms with Crippen molar-refractivity contribution in [2.75, 3.05) is 26.7 Å². The third kappa shape index (κ3) is 5.68. The minimum Gasteiger partial charge on any atom is -0.356 e. The van der Waals surface area contributed by atoms with Crippen molar-refractivity contribution in [2.24, 2.45) is 4.99 Å². The number of guanidine groups is 1. The molecule has 22 heavy (non-hydrogen) atoms. The van der Waals surface area contributed by atoms with Crippen molar-refractivity contribution in [3.8, 4) is 0 Å². The fourth-order valence-corrected chi connectivity index (χ4v) is 2.98. The van der Waals surface area contributed by atoms with Gasteiger partial charge in [-0.3, -0.25) is 4.99 Å². The van der Waals surface area contributed by atoms with E-state index in [0.29, 0.717) is 0 Å². The molecule has 2 N–H and O–H groups in total. The summed E-state index contributed by atoms with van der Waals surface area (Å²) < 4.78 is 0. The summed E-state index contributed by atoms with van der Waals surface area (Å²) in [7, 11) is 1.83. The summed E-state index contributed by atoms with van der Waals surface area (Å²) in [6.45, 7) is 6.58. The van der Waals surface area contributed by atoms with Crippen LogP contribution in [0, 0.1) is 0 Å². The molecule has 1 atom stereocenters. The van der Waals surface area contributed by atoms with E-state index in [-0.39, 0.29) is 0 Å². The quantitative estimate of drug-likeness (QED) is 0.482. The van der Waals surface area contributed by atoms with Gasteiger partial charge in [0, 0.05) is 32.7 Å². The maximum atomic E-state index is 4.28. The van der Waals surface area contributed by atoms with Crippen molar-refractivity contribution in [1.82, 2.24) is 15.5 Å². The Morgan fingerprint density at radius 1 is 1.23 bits per heavy atom. The van der Waals surface area contributed by atoms with Crippen LogP contribution in [-0.4, -0.2) is 43.6 Å². The molecule has 1 saturated heterocycles. The number of aliphatic imine (C=N–C) groups is 1. The Bertz CT molecular complexity index is 444. The number of likely N-dealkylation sites (tertiary alicyclic amines) is 1. The number of nitrogens with one attached hydrogen (secondary N) is 2. The molecule has 0 aromatic heterocycles. The lowest BCUT2D eigenvalue weighted by molar-refractivity contribution is 0.159. The number of benzene rings is 1. The van der Waals surface area contributed by atoms with E-state index in [9.17, 15) is 0 Å². The van der Waals surface area contributed by atoms with E-state index < -0.39 is 0 Å². The van der Waals surface area contributed by atoms with E-state index in [0.717, 1.165) is 31.5 Å². The van der Waals surface area contributed by atoms with Gasteiger partial charge in [0.25, 0.3) is 0 Å². The molecule has 1 aliphatic heterocycles. The molecular formula is C18H30N4. The Hall–Kier alpha value is -1.55. The zero-order valence-electron chi connectivity index (χ0n) is 14.0. The molecule has 1 aromatic rings. The van der Waals surface area contributed by atoms with Gasteiger partial charge in [0.2, 0.25) is 0 Å². The summed E-state index contributed by atoms with van der Waals surface area (Å²) in [6, 6.07) is 11.2. The van der Waals surface area contributed by atoms with Crippen LogP contribution in [0.3, 0.4) is 0 Å². The fraction of sp³-hybridized carbons (Fsp3) is 0.611. The second-order valence-corrected chi connectivity index (χ2v) is 6.07. The van der Waals surface area contributed by atoms with Gasteiger partial charge in [-0.2, -0.15) is 0 Å². The molecule has 4 heteroatoms. The third-order valence-electron chi connectivity index (χ3n) is 4.38. The third-order valence-corrected chi connectivity index (χ3v) is 4.38. The molecule has 0 spiro atoms. The van der Waals surface area contributed by atoms with Crippen LogP contribution in [-0.2, 0) is 6.54 Å². The van der Waals surface area contributed by atoms with E-state index >= 15 is 0 Å². The Labute approximate surface area is 135 Å². The SMILES string of the molecule is CN=C(NCCCN1CCCCC1C)NCc1ccccc1. The van der Waals surface area contributed by atoms with E-state index in [1.807, 2.05) is 13.1 Å². The summed E-state index contributed by atoms with van der Waals surface area (Å²) in [5.41, 5.74) is 1.27. The molecule has 1 aliphatic rings. The number of piperidine rings is 1. The Morgan fingerprint density at radius 3 is 2.77 bits per heavy atom. The van der Waals surface area contributed by atoms with Crippen LogP contribution < -0.4 is 10.6 Å². The van der Waals surface area contributed by atoms with Gasteiger partial charge in [-0.05, 0) is 38.3 Å². The Kier molecular flexibility index (Phi) is 7.23. The number of nitrogens with zero attached hydrogens (tertiary/aromatic N) is 2. The Morgan fingerprint density at radius 2 is 2.05 bits per heavy atom. The molecule has 0 saturated carbocycles. The van der Waals surface area contributed by atoms with Crippen LogP contribution >= 0.6 is 0 Å². The smallest absolute Gasteiger partial charge is 0.191 e. The molecule has 122 valence electrons. The fourth-order valence-electron chi connectivity index (χ4n) is 2.98. The van der Waals surface area contributed by atoms with Crippen LogP contribution in [0.2, 0.25) is 0 Å². The zero-order valence-corrected chi connectivity index (χ0v) is 14.0. The number of rotatable bonds is 6. The van der Waals surface area contributed by atoms with Crippen molar-refractivity contribution in [2.45, 2.75) is 45.2 Å². The molecule has 4 nitrogen and oxygen atoms in total. The molecule has 1 aromatic carbocycles. The van der Waals surface area contributed by atoms with Gasteiger partial charge in [0.1, 0.15) is 0 Å². The van der Waals surface area contributed by atoms with E-state index in [1.165, 1.54) is 37.9 Å². The number of hydrogen-bond donors (Lipinski definition) is 2. The van der Waals surface area contributed by atoms with Crippen LogP contribution in [0.5, 0.6) is 0 Å². The van der Waals surface area contributed by atoms with Crippen molar-refractivity contribution < 1.29 is 0 Å². The first-order valence-electron chi connectivity index (χ1n) is 8.52. The number of hydrogen-bond acceptors (Lipinski definition) is 2. The minimum absolute atomic E-state index is 0.754. The first-order valence-corrected chi connectivity index (χ1v) is 8.52. The molecule has 1 unspecified atom stereocenters. The molecule has 1 fully saturated rings. The molecule has 0 amide bonds. The maximum absolute atomic E-state index is 4.28. The van der Waals surface area contributed by atoms with Crippen molar-refractivity contribution in [1.29, 1.82) is 0 Å². The lowest BCUT2D eigenvalue weighted by atomic mass is 10.0. The van der Waals surface area contributed by atoms with Gasteiger partial charge in [-0.15, -0.1) is 0 Å². The van der Waals surface area contributed by atoms with Crippen molar-refractivity contribution in [3.05, 3.63) is 35.9 Å². The van der Waals surface area contributed by atoms with Crippen LogP contribution in [0.25, 0.3) is 0 Å². The summed E-state index contributed by atoms with van der Waals surface area (Å²) in [5.74, 6) is 0.885. The summed E-state index contributed by atoms with van der Waals surface area (Å²) in [5, 5.41) is 6.76. The van der Waals surface area contributed by atoms with E-state index in [4.69, 9.17) is 0 Å². The van der Waals surface area contributed by atoms with Crippen molar-refractivity contribution >= 4 is 5.96 Å². The predicted octanol–water partition coefficient (Wildman–Crippen LogP) is 2.62. The first kappa shape index (κ1) is 16.8. The van der Waals surface area contributed by atoms with Crippen LogP contribution in [0.1, 0.15) is 38.2 Å². The molecule has 2 rings (SSSR count). The topological polar surface area (TPSA) is 39.7 Å². The normalized spacial score (nSPS) is 19.9. The monoisotopic (exact) mass is 302 g/mol. The summed E-state index contributed by atoms with van der Waals surface area (Å²) in [6.07, 6.45) is 5.27. The Balaban J connectivity index is 1.62. The van der Waals surface area contributed by atoms with E-state index in [1.54, 1.807) is 0 Å². The largest absolute Gasteiger partial charge is 0.356 e. The zero-order chi connectivity index (χ0) is 15.6. The maximum Gasteiger partial charge on any atom is 0.191 e. The highest BCUT2D eigenvalue weighted by Gasteiger charge is 2.16.